The molecule has 31 heavy (non-hydrogen) atoms. The summed E-state index contributed by atoms with van der Waals surface area (Å²) in [6, 6.07) is 7.81. The maximum atomic E-state index is 13.3. The number of rotatable bonds is 5. The Morgan fingerprint density at radius 1 is 1.26 bits per heavy atom. The molecule has 160 valence electrons. The molecule has 1 unspecified atom stereocenters. The van der Waals surface area contributed by atoms with Crippen LogP contribution < -0.4 is 10.9 Å². The van der Waals surface area contributed by atoms with Gasteiger partial charge in [-0.2, -0.15) is 4.98 Å². The molecule has 5 rings (SSSR count). The van der Waals surface area contributed by atoms with E-state index in [1.165, 1.54) is 11.1 Å². The second-order valence-corrected chi connectivity index (χ2v) is 8.05. The molecule has 1 atom stereocenters. The normalized spacial score (nSPS) is 17.6. The van der Waals surface area contributed by atoms with E-state index in [9.17, 15) is 9.59 Å². The van der Waals surface area contributed by atoms with Gasteiger partial charge in [0.1, 0.15) is 11.7 Å². The fraction of sp³-hybridized carbons (Fsp3) is 0.391. The van der Waals surface area contributed by atoms with Crippen molar-refractivity contribution in [1.29, 1.82) is 0 Å². The number of amides is 1. The molecule has 3 aromatic rings. The summed E-state index contributed by atoms with van der Waals surface area (Å²) >= 11 is 0. The van der Waals surface area contributed by atoms with E-state index >= 15 is 0 Å². The molecule has 0 saturated carbocycles. The fourth-order valence-electron chi connectivity index (χ4n) is 4.41. The Morgan fingerprint density at radius 3 is 3.00 bits per heavy atom. The van der Waals surface area contributed by atoms with Crippen molar-refractivity contribution in [2.75, 3.05) is 6.61 Å². The van der Waals surface area contributed by atoms with Crippen molar-refractivity contribution in [2.45, 2.75) is 51.7 Å². The van der Waals surface area contributed by atoms with Crippen molar-refractivity contribution in [3.05, 3.63) is 74.8 Å². The molecule has 1 aliphatic carbocycles. The van der Waals surface area contributed by atoms with Gasteiger partial charge in [0.25, 0.3) is 17.4 Å². The van der Waals surface area contributed by atoms with E-state index in [4.69, 9.17) is 9.26 Å². The zero-order valence-electron chi connectivity index (χ0n) is 17.4. The zero-order chi connectivity index (χ0) is 21.4. The van der Waals surface area contributed by atoms with Gasteiger partial charge >= 0.3 is 0 Å². The highest BCUT2D eigenvalue weighted by Crippen LogP contribution is 2.28. The largest absolute Gasteiger partial charge is 0.368 e. The molecular formula is C23H24N4O4. The van der Waals surface area contributed by atoms with Crippen LogP contribution >= 0.6 is 0 Å². The summed E-state index contributed by atoms with van der Waals surface area (Å²) in [4.78, 5) is 30.5. The Balaban J connectivity index is 1.38. The maximum absolute atomic E-state index is 13.3. The number of nitrogens with zero attached hydrogens (tertiary/aromatic N) is 3. The third-order valence-electron chi connectivity index (χ3n) is 6.00. The lowest BCUT2D eigenvalue weighted by atomic mass is 10.1. The summed E-state index contributed by atoms with van der Waals surface area (Å²) in [6.07, 6.45) is 6.43. The lowest BCUT2D eigenvalue weighted by molar-refractivity contribution is 0.0835. The predicted molar refractivity (Wildman–Crippen MR) is 112 cm³/mol. The van der Waals surface area contributed by atoms with Gasteiger partial charge in [0.05, 0.1) is 12.2 Å². The number of hydrogen-bond donors (Lipinski definition) is 1. The number of ether oxygens (including phenoxy) is 1. The van der Waals surface area contributed by atoms with Crippen LogP contribution in [0.15, 0.2) is 39.8 Å². The van der Waals surface area contributed by atoms with Crippen molar-refractivity contribution >= 4 is 5.91 Å². The van der Waals surface area contributed by atoms with E-state index in [0.717, 1.165) is 37.8 Å². The molecule has 1 fully saturated rings. The Bertz CT molecular complexity index is 1190. The molecule has 1 N–H and O–H groups in total. The molecule has 2 aliphatic rings. The van der Waals surface area contributed by atoms with E-state index in [1.54, 1.807) is 23.8 Å². The summed E-state index contributed by atoms with van der Waals surface area (Å²) in [6.45, 7) is 2.52. The minimum absolute atomic E-state index is 0.0730. The van der Waals surface area contributed by atoms with Crippen LogP contribution in [0.1, 0.15) is 64.1 Å². The van der Waals surface area contributed by atoms with Crippen LogP contribution in [0.25, 0.3) is 5.69 Å². The number of carbonyl (C=O) groups excluding carboxylic acids is 1. The summed E-state index contributed by atoms with van der Waals surface area (Å²) in [5.41, 5.74) is 3.74. The van der Waals surface area contributed by atoms with Gasteiger partial charge in [-0.05, 0) is 67.9 Å². The lowest BCUT2D eigenvalue weighted by Gasteiger charge is -2.14. The number of benzene rings is 1. The zero-order valence-corrected chi connectivity index (χ0v) is 17.4. The summed E-state index contributed by atoms with van der Waals surface area (Å²) in [5.74, 6) is 0.333. The fourth-order valence-corrected chi connectivity index (χ4v) is 4.41. The van der Waals surface area contributed by atoms with Gasteiger partial charge in [0.2, 0.25) is 0 Å². The molecule has 1 aromatic carbocycles. The van der Waals surface area contributed by atoms with E-state index < -0.39 is 5.91 Å². The Labute approximate surface area is 179 Å². The average molecular weight is 420 g/mol. The number of fused-ring (bicyclic) bond motifs is 1. The number of aromatic nitrogens is 3. The van der Waals surface area contributed by atoms with Gasteiger partial charge in [-0.1, -0.05) is 17.3 Å². The van der Waals surface area contributed by atoms with Crippen molar-refractivity contribution in [3.63, 3.8) is 0 Å². The highest BCUT2D eigenvalue weighted by molar-refractivity contribution is 5.95. The number of hydrogen-bond acceptors (Lipinski definition) is 6. The van der Waals surface area contributed by atoms with E-state index in [1.807, 2.05) is 12.1 Å². The monoisotopic (exact) mass is 420 g/mol. The minimum Gasteiger partial charge on any atom is -0.368 e. The summed E-state index contributed by atoms with van der Waals surface area (Å²) < 4.78 is 12.4. The SMILES string of the molecule is Cc1ccn(-c2cccc3c2CCC3)c(=O)c1C(=O)NCc1noc(C2CCCO2)n1. The molecule has 8 heteroatoms. The number of aryl methyl sites for hydroxylation is 2. The van der Waals surface area contributed by atoms with Crippen LogP contribution in [0.3, 0.4) is 0 Å². The van der Waals surface area contributed by atoms with Gasteiger partial charge in [0.15, 0.2) is 5.82 Å². The third kappa shape index (κ3) is 3.67. The predicted octanol–water partition coefficient (Wildman–Crippen LogP) is 2.80. The second kappa shape index (κ2) is 8.11. The molecule has 3 heterocycles. The molecule has 0 spiro atoms. The van der Waals surface area contributed by atoms with Crippen LogP contribution in [0.4, 0.5) is 0 Å². The van der Waals surface area contributed by atoms with Crippen LogP contribution in [0.2, 0.25) is 0 Å². The van der Waals surface area contributed by atoms with Crippen molar-refractivity contribution in [3.8, 4) is 5.69 Å². The van der Waals surface area contributed by atoms with Gasteiger partial charge < -0.3 is 14.6 Å². The topological polar surface area (TPSA) is 99.2 Å². The number of pyridine rings is 1. The van der Waals surface area contributed by atoms with Crippen molar-refractivity contribution in [1.82, 2.24) is 20.0 Å². The average Bonchev–Trinajstić information content (AvgIpc) is 3.53. The van der Waals surface area contributed by atoms with Crippen LogP contribution in [0.5, 0.6) is 0 Å². The number of carbonyl (C=O) groups is 1. The van der Waals surface area contributed by atoms with Crippen LogP contribution in [-0.2, 0) is 24.1 Å². The van der Waals surface area contributed by atoms with Gasteiger partial charge in [-0.25, -0.2) is 0 Å². The molecule has 2 aromatic heterocycles. The first-order valence-corrected chi connectivity index (χ1v) is 10.7. The quantitative estimate of drug-likeness (QED) is 0.681. The molecule has 1 aliphatic heterocycles. The second-order valence-electron chi connectivity index (χ2n) is 8.05. The third-order valence-corrected chi connectivity index (χ3v) is 6.00. The standard InChI is InChI=1S/C23H24N4O4/c1-14-10-11-27(17-8-3-6-15-5-2-7-16(15)17)23(29)20(14)21(28)24-13-19-25-22(31-26-19)18-9-4-12-30-18/h3,6,8,10-11,18H,2,4-5,7,9,12-13H2,1H3,(H,24,28). The minimum atomic E-state index is -0.451. The van der Waals surface area contributed by atoms with Crippen LogP contribution in [0, 0.1) is 6.92 Å². The smallest absolute Gasteiger partial charge is 0.268 e. The first kappa shape index (κ1) is 19.7. The van der Waals surface area contributed by atoms with Gasteiger partial charge in [-0.15, -0.1) is 0 Å². The van der Waals surface area contributed by atoms with E-state index in [-0.39, 0.29) is 23.8 Å². The van der Waals surface area contributed by atoms with Crippen molar-refractivity contribution < 1.29 is 14.1 Å². The van der Waals surface area contributed by atoms with Crippen LogP contribution in [-0.4, -0.2) is 27.2 Å². The molecule has 0 radical (unpaired) electrons. The Morgan fingerprint density at radius 2 is 2.16 bits per heavy atom. The summed E-state index contributed by atoms with van der Waals surface area (Å²) in [7, 11) is 0. The van der Waals surface area contributed by atoms with E-state index in [2.05, 4.69) is 21.5 Å². The van der Waals surface area contributed by atoms with Crippen molar-refractivity contribution in [2.24, 2.45) is 0 Å². The van der Waals surface area contributed by atoms with Gasteiger partial charge in [-0.3, -0.25) is 14.2 Å². The highest BCUT2D eigenvalue weighted by Gasteiger charge is 2.24. The Kier molecular flexibility index (Phi) is 5.15. The maximum Gasteiger partial charge on any atom is 0.268 e. The Hall–Kier alpha value is -3.26. The molecule has 1 amide bonds. The first-order chi connectivity index (χ1) is 15.1. The lowest BCUT2D eigenvalue weighted by Crippen LogP contribution is -2.33. The molecule has 0 bridgehead atoms. The summed E-state index contributed by atoms with van der Waals surface area (Å²) in [5, 5.41) is 6.67. The molecule has 1 saturated heterocycles. The van der Waals surface area contributed by atoms with E-state index in [0.29, 0.717) is 23.9 Å². The highest BCUT2D eigenvalue weighted by atomic mass is 16.5. The molecule has 8 nitrogen and oxygen atoms in total. The molecular weight excluding hydrogens is 396 g/mol. The number of nitrogens with one attached hydrogen (secondary N) is 1. The van der Waals surface area contributed by atoms with Gasteiger partial charge in [0, 0.05) is 12.8 Å². The first-order valence-electron chi connectivity index (χ1n) is 10.7.